The van der Waals surface area contributed by atoms with E-state index in [1.165, 1.54) is 0 Å². The second-order valence-corrected chi connectivity index (χ2v) is 13.6. The molecule has 1 aromatic carbocycles. The van der Waals surface area contributed by atoms with Crippen molar-refractivity contribution in [2.24, 2.45) is 11.3 Å². The third kappa shape index (κ3) is 6.81. The molecule has 0 saturated carbocycles. The molecular weight excluding hydrogens is 530 g/mol. The number of benzene rings is 1. The van der Waals surface area contributed by atoms with Gasteiger partial charge in [0.25, 0.3) is 5.91 Å². The fraction of sp³-hybridized carbons (Fsp3) is 0.618. The summed E-state index contributed by atoms with van der Waals surface area (Å²) in [7, 11) is 1.64. The Labute approximate surface area is 251 Å². The maximum atomic E-state index is 14.4. The Morgan fingerprint density at radius 3 is 2.33 bits per heavy atom. The number of amides is 1. The lowest BCUT2D eigenvalue weighted by Crippen LogP contribution is -2.51. The maximum absolute atomic E-state index is 14.4. The van der Waals surface area contributed by atoms with Gasteiger partial charge in [0.05, 0.1) is 19.8 Å². The van der Waals surface area contributed by atoms with E-state index in [2.05, 4.69) is 52.9 Å². The number of esters is 1. The molecule has 2 aromatic rings. The van der Waals surface area contributed by atoms with Crippen molar-refractivity contribution in [1.82, 2.24) is 15.2 Å². The van der Waals surface area contributed by atoms with Crippen LogP contribution in [0, 0.1) is 11.3 Å². The Kier molecular flexibility index (Phi) is 9.99. The van der Waals surface area contributed by atoms with Crippen molar-refractivity contribution >= 4 is 11.9 Å². The number of carbonyl (C=O) groups is 2. The molecular formula is C34H49N3O5. The van der Waals surface area contributed by atoms with Crippen molar-refractivity contribution in [3.63, 3.8) is 0 Å². The molecule has 0 bridgehead atoms. The van der Waals surface area contributed by atoms with Gasteiger partial charge < -0.3 is 24.4 Å². The number of carbonyl (C=O) groups excluding carboxylic acids is 2. The van der Waals surface area contributed by atoms with Crippen LogP contribution in [0.4, 0.5) is 0 Å². The summed E-state index contributed by atoms with van der Waals surface area (Å²) in [5.41, 5.74) is 2.37. The van der Waals surface area contributed by atoms with Gasteiger partial charge in [-0.3, -0.25) is 4.79 Å². The van der Waals surface area contributed by atoms with E-state index in [4.69, 9.17) is 19.2 Å². The number of rotatable bonds is 8. The van der Waals surface area contributed by atoms with Crippen LogP contribution in [-0.2, 0) is 31.0 Å². The fourth-order valence-electron chi connectivity index (χ4n) is 6.47. The Bertz CT molecular complexity index is 1210. The van der Waals surface area contributed by atoms with Gasteiger partial charge in [0.15, 0.2) is 0 Å². The van der Waals surface area contributed by atoms with Crippen molar-refractivity contribution in [3.05, 3.63) is 59.3 Å². The predicted octanol–water partition coefficient (Wildman–Crippen LogP) is 5.59. The maximum Gasteiger partial charge on any atom is 0.329 e. The third-order valence-corrected chi connectivity index (χ3v) is 8.47. The van der Waals surface area contributed by atoms with Gasteiger partial charge >= 0.3 is 5.97 Å². The summed E-state index contributed by atoms with van der Waals surface area (Å²) >= 11 is 0. The fourth-order valence-corrected chi connectivity index (χ4v) is 6.47. The zero-order chi connectivity index (χ0) is 30.7. The topological polar surface area (TPSA) is 90.0 Å². The van der Waals surface area contributed by atoms with E-state index in [1.807, 2.05) is 36.4 Å². The molecule has 0 aliphatic carbocycles. The highest BCUT2D eigenvalue weighted by atomic mass is 16.5. The summed E-state index contributed by atoms with van der Waals surface area (Å²) < 4.78 is 17.4. The number of aromatic nitrogens is 1. The molecule has 1 aromatic heterocycles. The summed E-state index contributed by atoms with van der Waals surface area (Å²) in [5.74, 6) is -0.196. The molecule has 8 heteroatoms. The molecule has 0 unspecified atom stereocenters. The Morgan fingerprint density at radius 2 is 1.76 bits per heavy atom. The van der Waals surface area contributed by atoms with Crippen LogP contribution in [0.1, 0.15) is 90.6 Å². The minimum absolute atomic E-state index is 0.116. The molecule has 8 nitrogen and oxygen atoms in total. The van der Waals surface area contributed by atoms with Crippen LogP contribution >= 0.6 is 0 Å². The number of nitrogens with one attached hydrogen (secondary N) is 1. The van der Waals surface area contributed by atoms with Gasteiger partial charge in [0.1, 0.15) is 12.1 Å². The van der Waals surface area contributed by atoms with Gasteiger partial charge in [-0.15, -0.1) is 0 Å². The summed E-state index contributed by atoms with van der Waals surface area (Å²) in [6, 6.07) is 12.7. The first-order valence-corrected chi connectivity index (χ1v) is 15.3. The van der Waals surface area contributed by atoms with E-state index in [-0.39, 0.29) is 41.3 Å². The van der Waals surface area contributed by atoms with Crippen LogP contribution in [0.2, 0.25) is 0 Å². The SMILES string of the molecule is CCOC(=O)[C@@H]1[C@@H](C(C)(C)C)[C@H](NCc2ccc(C(C)(C)C)nc2OC)[C@H](c2ccccc2)N1C(=O)[C@@H]1CCCCO1. The first-order valence-electron chi connectivity index (χ1n) is 15.3. The van der Waals surface area contributed by atoms with Gasteiger partial charge in [-0.25, -0.2) is 9.78 Å². The standard InChI is InChI=1S/C34H49N3O5/c1-9-41-32(39)29-26(34(5,6)7)27(35-21-23-18-19-25(33(2,3)4)36-30(23)40-8)28(22-15-11-10-12-16-22)37(29)31(38)24-17-13-14-20-42-24/h10-12,15-16,18-19,24,26-29,35H,9,13-14,17,20-21H2,1-8H3/t24-,26-,27-,28-,29-/m0/s1. The molecule has 1 N–H and O–H groups in total. The normalized spacial score (nSPS) is 24.9. The van der Waals surface area contributed by atoms with E-state index in [0.29, 0.717) is 25.5 Å². The Morgan fingerprint density at radius 1 is 1.05 bits per heavy atom. The monoisotopic (exact) mass is 579 g/mol. The van der Waals surface area contributed by atoms with Gasteiger partial charge in [0, 0.05) is 41.8 Å². The summed E-state index contributed by atoms with van der Waals surface area (Å²) in [6.07, 6.45) is 1.93. The highest BCUT2D eigenvalue weighted by Crippen LogP contribution is 2.49. The van der Waals surface area contributed by atoms with E-state index >= 15 is 0 Å². The smallest absolute Gasteiger partial charge is 0.329 e. The number of pyridine rings is 1. The van der Waals surface area contributed by atoms with E-state index in [0.717, 1.165) is 29.7 Å². The van der Waals surface area contributed by atoms with Crippen molar-refractivity contribution in [1.29, 1.82) is 0 Å². The Hall–Kier alpha value is -2.97. The highest BCUT2D eigenvalue weighted by molar-refractivity contribution is 5.89. The molecule has 0 spiro atoms. The molecule has 1 amide bonds. The second kappa shape index (κ2) is 13.1. The molecule has 0 radical (unpaired) electrons. The molecule has 4 rings (SSSR count). The molecule has 230 valence electrons. The first kappa shape index (κ1) is 32.0. The number of methoxy groups -OCH3 is 1. The average molecular weight is 580 g/mol. The van der Waals surface area contributed by atoms with E-state index in [9.17, 15) is 9.59 Å². The second-order valence-electron chi connectivity index (χ2n) is 13.6. The summed E-state index contributed by atoms with van der Waals surface area (Å²) in [6.45, 7) is 15.8. The molecule has 42 heavy (non-hydrogen) atoms. The van der Waals surface area contributed by atoms with Crippen molar-refractivity contribution in [2.45, 2.75) is 104 Å². The Balaban J connectivity index is 1.81. The molecule has 3 heterocycles. The van der Waals surface area contributed by atoms with Crippen molar-refractivity contribution in [2.75, 3.05) is 20.3 Å². The van der Waals surface area contributed by atoms with E-state index < -0.39 is 18.2 Å². The lowest BCUT2D eigenvalue weighted by atomic mass is 9.72. The highest BCUT2D eigenvalue weighted by Gasteiger charge is 2.59. The van der Waals surface area contributed by atoms with Crippen molar-refractivity contribution < 1.29 is 23.8 Å². The third-order valence-electron chi connectivity index (χ3n) is 8.47. The van der Waals surface area contributed by atoms with Crippen LogP contribution in [0.3, 0.4) is 0 Å². The van der Waals surface area contributed by atoms with E-state index in [1.54, 1.807) is 18.9 Å². The zero-order valence-corrected chi connectivity index (χ0v) is 26.6. The molecule has 2 aliphatic heterocycles. The predicted molar refractivity (Wildman–Crippen MR) is 163 cm³/mol. The summed E-state index contributed by atoms with van der Waals surface area (Å²) in [5, 5.41) is 3.79. The van der Waals surface area contributed by atoms with Crippen LogP contribution in [0.5, 0.6) is 5.88 Å². The first-order chi connectivity index (χ1) is 19.9. The lowest BCUT2D eigenvalue weighted by molar-refractivity contribution is -0.162. The number of likely N-dealkylation sites (tertiary alicyclic amines) is 1. The van der Waals surface area contributed by atoms with Crippen molar-refractivity contribution in [3.8, 4) is 5.88 Å². The van der Waals surface area contributed by atoms with Crippen LogP contribution in [0.25, 0.3) is 0 Å². The summed E-state index contributed by atoms with van der Waals surface area (Å²) in [4.78, 5) is 34.8. The minimum Gasteiger partial charge on any atom is -0.481 e. The number of hydrogen-bond acceptors (Lipinski definition) is 7. The van der Waals surface area contributed by atoms with Gasteiger partial charge in [-0.05, 0) is 43.2 Å². The minimum atomic E-state index is -0.769. The van der Waals surface area contributed by atoms with Gasteiger partial charge in [-0.2, -0.15) is 0 Å². The van der Waals surface area contributed by atoms with Crippen LogP contribution < -0.4 is 10.1 Å². The quantitative estimate of drug-likeness (QED) is 0.408. The lowest BCUT2D eigenvalue weighted by Gasteiger charge is -2.36. The largest absolute Gasteiger partial charge is 0.481 e. The molecule has 2 saturated heterocycles. The van der Waals surface area contributed by atoms with Gasteiger partial charge in [0.2, 0.25) is 5.88 Å². The van der Waals surface area contributed by atoms with Crippen LogP contribution in [-0.4, -0.2) is 60.3 Å². The average Bonchev–Trinajstić information content (AvgIpc) is 3.32. The van der Waals surface area contributed by atoms with Crippen LogP contribution in [0.15, 0.2) is 42.5 Å². The molecule has 2 fully saturated rings. The number of ether oxygens (including phenoxy) is 3. The number of nitrogens with zero attached hydrogens (tertiary/aromatic N) is 2. The molecule has 5 atom stereocenters. The molecule has 2 aliphatic rings. The number of hydrogen-bond donors (Lipinski definition) is 1. The zero-order valence-electron chi connectivity index (χ0n) is 26.6. The van der Waals surface area contributed by atoms with Gasteiger partial charge in [-0.1, -0.05) is 77.9 Å².